The van der Waals surface area contributed by atoms with E-state index in [1.165, 1.54) is 17.0 Å². The molecule has 0 bridgehead atoms. The first-order valence-corrected chi connectivity index (χ1v) is 10.5. The van der Waals surface area contributed by atoms with E-state index in [9.17, 15) is 30.8 Å². The monoisotopic (exact) mass is 478 g/mol. The molecule has 0 spiro atoms. The number of nitrogens with zero attached hydrogens (tertiary/aromatic N) is 2. The summed E-state index contributed by atoms with van der Waals surface area (Å²) >= 11 is 6.15. The van der Waals surface area contributed by atoms with Gasteiger partial charge in [-0.15, -0.1) is 0 Å². The van der Waals surface area contributed by atoms with Gasteiger partial charge in [0.2, 0.25) is 0 Å². The summed E-state index contributed by atoms with van der Waals surface area (Å²) in [6.45, 7) is 5.16. The molecule has 0 amide bonds. The number of alkyl halides is 3. The van der Waals surface area contributed by atoms with E-state index in [2.05, 4.69) is 9.17 Å². The Balaban J connectivity index is 2.35. The second kappa shape index (κ2) is 7.79. The average Bonchev–Trinajstić information content (AvgIpc) is 2.63. The zero-order valence-electron chi connectivity index (χ0n) is 16.3. The fraction of sp³-hybridized carbons (Fsp3) is 0.263. The Morgan fingerprint density at radius 1 is 1.19 bits per heavy atom. The predicted molar refractivity (Wildman–Crippen MR) is 107 cm³/mol. The van der Waals surface area contributed by atoms with Gasteiger partial charge >= 0.3 is 15.6 Å². The van der Waals surface area contributed by atoms with Gasteiger partial charge in [-0.2, -0.15) is 21.6 Å². The number of benzene rings is 1. The molecule has 3 rings (SSSR count). The smallest absolute Gasteiger partial charge is 0.373 e. The van der Waals surface area contributed by atoms with E-state index in [1.807, 2.05) is 0 Å². The summed E-state index contributed by atoms with van der Waals surface area (Å²) in [7, 11) is -6.10. The minimum Gasteiger partial charge on any atom is -0.373 e. The summed E-state index contributed by atoms with van der Waals surface area (Å²) in [6.07, 6.45) is 2.85. The molecule has 0 fully saturated rings. The topological polar surface area (TPSA) is 78.3 Å². The number of hydrogen-bond donors (Lipinski definition) is 0. The lowest BCUT2D eigenvalue weighted by atomic mass is 9.98. The molecule has 3 aromatic rings. The van der Waals surface area contributed by atoms with Gasteiger partial charge in [0.25, 0.3) is 5.56 Å². The van der Waals surface area contributed by atoms with Crippen molar-refractivity contribution < 1.29 is 30.2 Å². The largest absolute Gasteiger partial charge is 0.534 e. The maximum Gasteiger partial charge on any atom is 0.534 e. The molecule has 0 aliphatic carbocycles. The van der Waals surface area contributed by atoms with Crippen molar-refractivity contribution in [3.63, 3.8) is 0 Å². The molecule has 2 heterocycles. The van der Waals surface area contributed by atoms with Gasteiger partial charge in [-0.3, -0.25) is 9.36 Å². The van der Waals surface area contributed by atoms with Crippen molar-refractivity contribution in [2.24, 2.45) is 0 Å². The Hall–Kier alpha value is -2.66. The number of halogens is 5. The molecule has 12 heteroatoms. The fourth-order valence-corrected chi connectivity index (χ4v) is 3.78. The third kappa shape index (κ3) is 4.11. The first kappa shape index (κ1) is 23.0. The van der Waals surface area contributed by atoms with Crippen LogP contribution in [-0.4, -0.2) is 23.5 Å². The van der Waals surface area contributed by atoms with Crippen molar-refractivity contribution in [3.8, 4) is 11.4 Å². The highest BCUT2D eigenvalue weighted by molar-refractivity contribution is 7.88. The Labute approximate surface area is 179 Å². The van der Waals surface area contributed by atoms with Crippen molar-refractivity contribution >= 4 is 32.5 Å². The molecule has 0 aliphatic heterocycles. The van der Waals surface area contributed by atoms with Crippen LogP contribution in [0.4, 0.5) is 17.6 Å². The van der Waals surface area contributed by atoms with Crippen LogP contribution in [0.5, 0.6) is 5.75 Å². The van der Waals surface area contributed by atoms with Gasteiger partial charge in [0.05, 0.1) is 11.1 Å². The van der Waals surface area contributed by atoms with Crippen LogP contribution in [0.1, 0.15) is 30.9 Å². The van der Waals surface area contributed by atoms with Crippen molar-refractivity contribution in [1.29, 1.82) is 0 Å². The lowest BCUT2D eigenvalue weighted by Crippen LogP contribution is -2.28. The maximum absolute atomic E-state index is 14.5. The molecule has 0 unspecified atom stereocenters. The zero-order valence-corrected chi connectivity index (χ0v) is 17.9. The predicted octanol–water partition coefficient (Wildman–Crippen LogP) is 4.84. The van der Waals surface area contributed by atoms with Crippen LogP contribution in [0.25, 0.3) is 16.5 Å². The molecule has 6 nitrogen and oxygen atoms in total. The first-order chi connectivity index (χ1) is 14.2. The molecule has 166 valence electrons. The van der Waals surface area contributed by atoms with E-state index in [0.717, 1.165) is 6.07 Å². The van der Waals surface area contributed by atoms with E-state index >= 15 is 0 Å². The van der Waals surface area contributed by atoms with Crippen LogP contribution in [0.2, 0.25) is 5.15 Å². The van der Waals surface area contributed by atoms with E-state index in [-0.39, 0.29) is 27.5 Å². The van der Waals surface area contributed by atoms with Gasteiger partial charge in [0.1, 0.15) is 0 Å². The van der Waals surface area contributed by atoms with E-state index in [0.29, 0.717) is 17.2 Å². The molecule has 0 aliphatic rings. The highest BCUT2D eigenvalue weighted by atomic mass is 35.5. The van der Waals surface area contributed by atoms with Crippen LogP contribution in [0.15, 0.2) is 35.4 Å². The van der Waals surface area contributed by atoms with Crippen molar-refractivity contribution in [2.75, 3.05) is 0 Å². The molecule has 1 aromatic carbocycles. The summed E-state index contributed by atoms with van der Waals surface area (Å²) in [4.78, 5) is 17.0. The number of hydrogen-bond acceptors (Lipinski definition) is 5. The Bertz CT molecular complexity index is 1330. The first-order valence-electron chi connectivity index (χ1n) is 8.75. The number of aryl methyl sites for hydroxylation is 1. The number of pyridine rings is 2. The van der Waals surface area contributed by atoms with Crippen LogP contribution in [-0.2, 0) is 10.1 Å². The third-order valence-electron chi connectivity index (χ3n) is 4.53. The van der Waals surface area contributed by atoms with Gasteiger partial charge in [0, 0.05) is 12.4 Å². The molecule has 0 radical (unpaired) electrons. The Kier molecular flexibility index (Phi) is 5.78. The van der Waals surface area contributed by atoms with Crippen LogP contribution >= 0.6 is 11.6 Å². The highest BCUT2D eigenvalue weighted by Gasteiger charge is 2.49. The summed E-state index contributed by atoms with van der Waals surface area (Å²) < 4.78 is 80.2. The van der Waals surface area contributed by atoms with Gasteiger partial charge < -0.3 is 4.18 Å². The minimum absolute atomic E-state index is 0.0212. The molecular formula is C19H15ClF4N2O4S. The summed E-state index contributed by atoms with van der Waals surface area (Å²) in [5.41, 5.74) is -5.18. The van der Waals surface area contributed by atoms with Gasteiger partial charge in [-0.05, 0) is 47.6 Å². The minimum atomic E-state index is -6.10. The molecule has 0 N–H and O–H groups in total. The van der Waals surface area contributed by atoms with Gasteiger partial charge in [-0.25, -0.2) is 9.37 Å². The number of rotatable bonds is 4. The molecule has 2 aromatic heterocycles. The number of fused-ring (bicyclic) bond motifs is 1. The van der Waals surface area contributed by atoms with Crippen molar-refractivity contribution in [2.45, 2.75) is 32.2 Å². The Morgan fingerprint density at radius 2 is 1.84 bits per heavy atom. The maximum atomic E-state index is 14.5. The van der Waals surface area contributed by atoms with Crippen LogP contribution in [0.3, 0.4) is 0 Å². The van der Waals surface area contributed by atoms with Gasteiger partial charge in [0.15, 0.2) is 16.7 Å². The molecule has 0 saturated carbocycles. The highest BCUT2D eigenvalue weighted by Crippen LogP contribution is 2.34. The number of aromatic nitrogens is 2. The normalized spacial score (nSPS) is 12.5. The second-order valence-electron chi connectivity index (χ2n) is 6.99. The third-order valence-corrected chi connectivity index (χ3v) is 5.77. The quantitative estimate of drug-likeness (QED) is 0.232. The molecule has 31 heavy (non-hydrogen) atoms. The molecular weight excluding hydrogens is 464 g/mol. The molecule has 0 atom stereocenters. The van der Waals surface area contributed by atoms with Crippen molar-refractivity contribution in [1.82, 2.24) is 9.55 Å². The van der Waals surface area contributed by atoms with E-state index in [1.54, 1.807) is 26.8 Å². The fourth-order valence-electron chi connectivity index (χ4n) is 3.03. The van der Waals surface area contributed by atoms with E-state index in [4.69, 9.17) is 11.6 Å². The van der Waals surface area contributed by atoms with Gasteiger partial charge in [-0.1, -0.05) is 25.4 Å². The standard InChI is InChI=1S/C19H15ClF4N2O4S/c1-9(2)13-8-26(16-10(3)4-5-25-17(16)20)18(27)12-6-14(21)15(7-11(12)13)30-31(28,29)19(22,23)24/h4-9H,1-3H3. The zero-order chi connectivity index (χ0) is 23.3. The average molecular weight is 479 g/mol. The summed E-state index contributed by atoms with van der Waals surface area (Å²) in [5.74, 6) is -2.90. The van der Waals surface area contributed by atoms with Crippen LogP contribution < -0.4 is 9.74 Å². The summed E-state index contributed by atoms with van der Waals surface area (Å²) in [6, 6.07) is 3.03. The Morgan fingerprint density at radius 3 is 2.39 bits per heavy atom. The van der Waals surface area contributed by atoms with E-state index < -0.39 is 32.8 Å². The van der Waals surface area contributed by atoms with Crippen LogP contribution in [0, 0.1) is 12.7 Å². The lowest BCUT2D eigenvalue weighted by Gasteiger charge is -2.18. The molecule has 0 saturated heterocycles. The summed E-state index contributed by atoms with van der Waals surface area (Å²) in [5, 5.41) is -0.129. The lowest BCUT2D eigenvalue weighted by molar-refractivity contribution is -0.0500. The SMILES string of the molecule is Cc1ccnc(Cl)c1-n1cc(C(C)C)c2cc(OS(=O)(=O)C(F)(F)F)c(F)cc2c1=O. The van der Waals surface area contributed by atoms with Crippen molar-refractivity contribution in [3.05, 3.63) is 63.0 Å². The second-order valence-corrected chi connectivity index (χ2v) is 8.89.